The van der Waals surface area contributed by atoms with Crippen molar-refractivity contribution in [3.63, 3.8) is 0 Å². The number of carbonyl (C=O) groups excluding carboxylic acids is 1. The Morgan fingerprint density at radius 2 is 2.05 bits per heavy atom. The number of amides is 1. The van der Waals surface area contributed by atoms with Gasteiger partial charge in [0.05, 0.1) is 0 Å². The zero-order chi connectivity index (χ0) is 13.9. The van der Waals surface area contributed by atoms with E-state index in [1.165, 1.54) is 12.1 Å². The SMILES string of the molecule is Cc1cc(C(=O)NCC2(C)CCNCC2)ccc1F.Cl. The standard InChI is InChI=1S/C15H21FN2O.ClH/c1-11-9-12(3-4-13(11)16)14(19)18-10-15(2)5-7-17-8-6-15;/h3-4,9,17H,5-8,10H2,1-2H3,(H,18,19);1H. The lowest BCUT2D eigenvalue weighted by molar-refractivity contribution is 0.0922. The lowest BCUT2D eigenvalue weighted by atomic mass is 9.81. The molecule has 2 rings (SSSR count). The molecule has 1 saturated heterocycles. The van der Waals surface area contributed by atoms with Gasteiger partial charge in [0, 0.05) is 12.1 Å². The highest BCUT2D eigenvalue weighted by atomic mass is 35.5. The van der Waals surface area contributed by atoms with Crippen LogP contribution < -0.4 is 10.6 Å². The second kappa shape index (κ2) is 7.04. The number of benzene rings is 1. The van der Waals surface area contributed by atoms with Crippen molar-refractivity contribution in [2.75, 3.05) is 19.6 Å². The van der Waals surface area contributed by atoms with Crippen molar-refractivity contribution in [1.82, 2.24) is 10.6 Å². The van der Waals surface area contributed by atoms with Gasteiger partial charge in [0.15, 0.2) is 0 Å². The van der Waals surface area contributed by atoms with E-state index in [4.69, 9.17) is 0 Å². The minimum absolute atomic E-state index is 0. The molecule has 1 aliphatic rings. The Balaban J connectivity index is 0.00000200. The van der Waals surface area contributed by atoms with E-state index in [9.17, 15) is 9.18 Å². The summed E-state index contributed by atoms with van der Waals surface area (Å²) in [6.45, 7) is 6.54. The van der Waals surface area contributed by atoms with Gasteiger partial charge in [-0.3, -0.25) is 4.79 Å². The van der Waals surface area contributed by atoms with Crippen molar-refractivity contribution >= 4 is 18.3 Å². The normalized spacial score (nSPS) is 17.1. The maximum absolute atomic E-state index is 13.2. The third-order valence-corrected chi connectivity index (χ3v) is 3.91. The molecule has 112 valence electrons. The van der Waals surface area contributed by atoms with Gasteiger partial charge in [-0.05, 0) is 62.0 Å². The van der Waals surface area contributed by atoms with E-state index in [2.05, 4.69) is 17.6 Å². The van der Waals surface area contributed by atoms with Crippen LogP contribution in [-0.2, 0) is 0 Å². The number of aryl methyl sites for hydroxylation is 1. The molecule has 0 unspecified atom stereocenters. The number of hydrogen-bond acceptors (Lipinski definition) is 2. The molecular formula is C15H22ClFN2O. The highest BCUT2D eigenvalue weighted by Crippen LogP contribution is 2.26. The Hall–Kier alpha value is -1.13. The van der Waals surface area contributed by atoms with E-state index in [1.54, 1.807) is 13.0 Å². The van der Waals surface area contributed by atoms with Crippen molar-refractivity contribution in [3.8, 4) is 0 Å². The van der Waals surface area contributed by atoms with Crippen LogP contribution in [0.25, 0.3) is 0 Å². The van der Waals surface area contributed by atoms with Crippen LogP contribution >= 0.6 is 12.4 Å². The smallest absolute Gasteiger partial charge is 0.251 e. The molecule has 3 nitrogen and oxygen atoms in total. The molecule has 1 heterocycles. The predicted molar refractivity (Wildman–Crippen MR) is 80.9 cm³/mol. The first-order valence-corrected chi connectivity index (χ1v) is 6.75. The summed E-state index contributed by atoms with van der Waals surface area (Å²) in [5, 5.41) is 6.29. The van der Waals surface area contributed by atoms with Crippen LogP contribution in [0.1, 0.15) is 35.7 Å². The van der Waals surface area contributed by atoms with Gasteiger partial charge >= 0.3 is 0 Å². The van der Waals surface area contributed by atoms with Crippen LogP contribution in [0.3, 0.4) is 0 Å². The fourth-order valence-electron chi connectivity index (χ4n) is 2.39. The van der Waals surface area contributed by atoms with E-state index in [-0.39, 0.29) is 29.5 Å². The van der Waals surface area contributed by atoms with Crippen LogP contribution in [0.5, 0.6) is 0 Å². The minimum Gasteiger partial charge on any atom is -0.351 e. The number of piperidine rings is 1. The van der Waals surface area contributed by atoms with Crippen molar-refractivity contribution in [2.24, 2.45) is 5.41 Å². The second-order valence-electron chi connectivity index (χ2n) is 5.71. The average molecular weight is 301 g/mol. The van der Waals surface area contributed by atoms with Gasteiger partial charge in [0.1, 0.15) is 5.82 Å². The Kier molecular flexibility index (Phi) is 5.96. The molecule has 1 aliphatic heterocycles. The summed E-state index contributed by atoms with van der Waals surface area (Å²) in [5.74, 6) is -0.398. The van der Waals surface area contributed by atoms with Crippen molar-refractivity contribution in [3.05, 3.63) is 35.1 Å². The van der Waals surface area contributed by atoms with Crippen LogP contribution in [-0.4, -0.2) is 25.5 Å². The molecular weight excluding hydrogens is 279 g/mol. The molecule has 20 heavy (non-hydrogen) atoms. The van der Waals surface area contributed by atoms with Gasteiger partial charge in [0.2, 0.25) is 0 Å². The molecule has 2 N–H and O–H groups in total. The third kappa shape index (κ3) is 4.18. The Morgan fingerprint density at radius 1 is 1.40 bits per heavy atom. The Morgan fingerprint density at radius 3 is 2.65 bits per heavy atom. The molecule has 1 fully saturated rings. The molecule has 1 aromatic rings. The molecule has 0 aromatic heterocycles. The van der Waals surface area contributed by atoms with Crippen molar-refractivity contribution in [1.29, 1.82) is 0 Å². The van der Waals surface area contributed by atoms with Crippen molar-refractivity contribution < 1.29 is 9.18 Å². The van der Waals surface area contributed by atoms with Gasteiger partial charge in [-0.1, -0.05) is 6.92 Å². The fourth-order valence-corrected chi connectivity index (χ4v) is 2.39. The lowest BCUT2D eigenvalue weighted by Crippen LogP contribution is -2.42. The number of rotatable bonds is 3. The lowest BCUT2D eigenvalue weighted by Gasteiger charge is -2.34. The maximum atomic E-state index is 13.2. The number of halogens is 2. The first-order chi connectivity index (χ1) is 9.00. The maximum Gasteiger partial charge on any atom is 0.251 e. The summed E-state index contributed by atoms with van der Waals surface area (Å²) in [6.07, 6.45) is 2.13. The van der Waals surface area contributed by atoms with Crippen LogP contribution in [0, 0.1) is 18.2 Å². The molecule has 0 radical (unpaired) electrons. The van der Waals surface area contributed by atoms with E-state index in [0.717, 1.165) is 25.9 Å². The van der Waals surface area contributed by atoms with Crippen LogP contribution in [0.15, 0.2) is 18.2 Å². The predicted octanol–water partition coefficient (Wildman–Crippen LogP) is 2.68. The van der Waals surface area contributed by atoms with E-state index in [1.807, 2.05) is 0 Å². The molecule has 5 heteroatoms. The number of carbonyl (C=O) groups is 1. The van der Waals surface area contributed by atoms with Gasteiger partial charge < -0.3 is 10.6 Å². The third-order valence-electron chi connectivity index (χ3n) is 3.91. The molecule has 1 aromatic carbocycles. The first-order valence-electron chi connectivity index (χ1n) is 6.75. The van der Waals surface area contributed by atoms with Crippen LogP contribution in [0.2, 0.25) is 0 Å². The number of nitrogens with one attached hydrogen (secondary N) is 2. The fraction of sp³-hybridized carbons (Fsp3) is 0.533. The van der Waals surface area contributed by atoms with Gasteiger partial charge in [-0.2, -0.15) is 0 Å². The monoisotopic (exact) mass is 300 g/mol. The van der Waals surface area contributed by atoms with Gasteiger partial charge in [0.25, 0.3) is 5.91 Å². The highest BCUT2D eigenvalue weighted by molar-refractivity contribution is 5.94. The molecule has 1 amide bonds. The summed E-state index contributed by atoms with van der Waals surface area (Å²) in [6, 6.07) is 4.47. The Labute approximate surface area is 125 Å². The van der Waals surface area contributed by atoms with E-state index in [0.29, 0.717) is 17.7 Å². The minimum atomic E-state index is -0.276. The van der Waals surface area contributed by atoms with Crippen LogP contribution in [0.4, 0.5) is 4.39 Å². The molecule has 0 atom stereocenters. The summed E-state index contributed by atoms with van der Waals surface area (Å²) in [7, 11) is 0. The second-order valence-corrected chi connectivity index (χ2v) is 5.71. The summed E-state index contributed by atoms with van der Waals surface area (Å²) < 4.78 is 13.2. The van der Waals surface area contributed by atoms with Gasteiger partial charge in [-0.25, -0.2) is 4.39 Å². The zero-order valence-corrected chi connectivity index (χ0v) is 12.8. The van der Waals surface area contributed by atoms with E-state index < -0.39 is 0 Å². The topological polar surface area (TPSA) is 41.1 Å². The first kappa shape index (κ1) is 16.9. The summed E-state index contributed by atoms with van der Waals surface area (Å²) >= 11 is 0. The average Bonchev–Trinajstić information content (AvgIpc) is 2.40. The highest BCUT2D eigenvalue weighted by Gasteiger charge is 2.27. The van der Waals surface area contributed by atoms with E-state index >= 15 is 0 Å². The molecule has 0 aliphatic carbocycles. The quantitative estimate of drug-likeness (QED) is 0.901. The summed E-state index contributed by atoms with van der Waals surface area (Å²) in [5.41, 5.74) is 1.19. The van der Waals surface area contributed by atoms with Gasteiger partial charge in [-0.15, -0.1) is 12.4 Å². The largest absolute Gasteiger partial charge is 0.351 e. The number of hydrogen-bond donors (Lipinski definition) is 2. The summed E-state index contributed by atoms with van der Waals surface area (Å²) in [4.78, 5) is 12.0. The van der Waals surface area contributed by atoms with Crippen molar-refractivity contribution in [2.45, 2.75) is 26.7 Å². The molecule has 0 bridgehead atoms. The zero-order valence-electron chi connectivity index (χ0n) is 12.0. The Bertz CT molecular complexity index is 473. The molecule has 0 saturated carbocycles. The molecule has 0 spiro atoms.